The molecule has 0 N–H and O–H groups in total. The quantitative estimate of drug-likeness (QED) is 0.588. The summed E-state index contributed by atoms with van der Waals surface area (Å²) in [5.74, 6) is 0.552. The highest BCUT2D eigenvalue weighted by Gasteiger charge is 2.19. The van der Waals surface area contributed by atoms with Gasteiger partial charge in [0, 0.05) is 5.56 Å². The fraction of sp³-hybridized carbons (Fsp3) is 0.556. The minimum atomic E-state index is -0.232. The highest BCUT2D eigenvalue weighted by atomic mass is 35.5. The molecular weight excluding hydrogens is 271 g/mol. The number of aryl methyl sites for hydroxylation is 1. The second kappa shape index (κ2) is 7.26. The van der Waals surface area contributed by atoms with E-state index in [1.807, 2.05) is 19.1 Å². The third-order valence-corrected chi connectivity index (χ3v) is 4.78. The van der Waals surface area contributed by atoms with Crippen molar-refractivity contribution in [3.8, 4) is 0 Å². The first-order valence-corrected chi connectivity index (χ1v) is 8.21. The van der Waals surface area contributed by atoms with Gasteiger partial charge in [-0.15, -0.1) is 0 Å². The predicted octanol–water partition coefficient (Wildman–Crippen LogP) is 6.42. The van der Waals surface area contributed by atoms with Crippen molar-refractivity contribution in [1.82, 2.24) is 0 Å². The first-order chi connectivity index (χ1) is 9.67. The lowest BCUT2D eigenvalue weighted by molar-refractivity contribution is 0.433. The van der Waals surface area contributed by atoms with E-state index in [9.17, 15) is 4.39 Å². The average Bonchev–Trinajstić information content (AvgIpc) is 2.48. The van der Waals surface area contributed by atoms with Gasteiger partial charge in [0.2, 0.25) is 0 Å². The van der Waals surface area contributed by atoms with Crippen LogP contribution in [-0.4, -0.2) is 0 Å². The predicted molar refractivity (Wildman–Crippen MR) is 85.6 cm³/mol. The van der Waals surface area contributed by atoms with Crippen LogP contribution in [0.5, 0.6) is 0 Å². The molecule has 1 atom stereocenters. The minimum Gasteiger partial charge on any atom is -0.205 e. The highest BCUT2D eigenvalue weighted by Crippen LogP contribution is 2.36. The Labute approximate surface area is 127 Å². The summed E-state index contributed by atoms with van der Waals surface area (Å²) in [6.45, 7) is 4.23. The zero-order valence-corrected chi connectivity index (χ0v) is 13.3. The van der Waals surface area contributed by atoms with Crippen LogP contribution in [0.25, 0.3) is 5.57 Å². The molecule has 0 saturated carbocycles. The molecule has 0 bridgehead atoms. The van der Waals surface area contributed by atoms with Gasteiger partial charge >= 0.3 is 0 Å². The molecule has 0 heterocycles. The van der Waals surface area contributed by atoms with Crippen molar-refractivity contribution in [2.75, 3.05) is 0 Å². The number of halogens is 2. The minimum absolute atomic E-state index is 0.232. The Balaban J connectivity index is 2.13. The van der Waals surface area contributed by atoms with Gasteiger partial charge in [-0.3, -0.25) is 0 Å². The number of hydrogen-bond donors (Lipinski definition) is 0. The molecule has 20 heavy (non-hydrogen) atoms. The standard InChI is InChI=1S/C18H24ClF/c1-3-5-6-13-7-9-15(10-8-13)16-12-11-14(4-2)17(19)18(16)20/h9,11-13H,3-8,10H2,1-2H3. The summed E-state index contributed by atoms with van der Waals surface area (Å²) in [5, 5.41) is 0.305. The number of unbranched alkanes of at least 4 members (excludes halogenated alkanes) is 1. The summed E-state index contributed by atoms with van der Waals surface area (Å²) in [5.41, 5.74) is 2.74. The Morgan fingerprint density at radius 3 is 2.70 bits per heavy atom. The van der Waals surface area contributed by atoms with Crippen molar-refractivity contribution in [3.05, 3.63) is 40.2 Å². The molecule has 2 heteroatoms. The fourth-order valence-corrected chi connectivity index (χ4v) is 3.30. The summed E-state index contributed by atoms with van der Waals surface area (Å²) >= 11 is 6.11. The van der Waals surface area contributed by atoms with E-state index < -0.39 is 0 Å². The molecule has 0 saturated heterocycles. The maximum atomic E-state index is 14.4. The lowest BCUT2D eigenvalue weighted by Crippen LogP contribution is -2.06. The van der Waals surface area contributed by atoms with Crippen LogP contribution in [0, 0.1) is 11.7 Å². The number of hydrogen-bond acceptors (Lipinski definition) is 0. The van der Waals surface area contributed by atoms with Gasteiger partial charge in [0.15, 0.2) is 0 Å². The van der Waals surface area contributed by atoms with Gasteiger partial charge in [0.05, 0.1) is 5.02 Å². The van der Waals surface area contributed by atoms with Crippen LogP contribution in [0.2, 0.25) is 5.02 Å². The molecule has 1 aromatic carbocycles. The van der Waals surface area contributed by atoms with E-state index in [1.165, 1.54) is 25.7 Å². The molecule has 1 aliphatic rings. The van der Waals surface area contributed by atoms with Crippen molar-refractivity contribution in [2.24, 2.45) is 5.92 Å². The lowest BCUT2D eigenvalue weighted by Gasteiger charge is -2.22. The summed E-state index contributed by atoms with van der Waals surface area (Å²) in [4.78, 5) is 0. The van der Waals surface area contributed by atoms with Crippen LogP contribution < -0.4 is 0 Å². The molecule has 0 aliphatic heterocycles. The molecule has 0 aromatic heterocycles. The molecule has 1 aliphatic carbocycles. The van der Waals surface area contributed by atoms with Gasteiger partial charge in [0.1, 0.15) is 5.82 Å². The van der Waals surface area contributed by atoms with Crippen molar-refractivity contribution in [1.29, 1.82) is 0 Å². The van der Waals surface area contributed by atoms with E-state index in [0.29, 0.717) is 10.6 Å². The smallest absolute Gasteiger partial charge is 0.149 e. The zero-order chi connectivity index (χ0) is 14.5. The largest absolute Gasteiger partial charge is 0.205 e. The monoisotopic (exact) mass is 294 g/mol. The van der Waals surface area contributed by atoms with E-state index in [0.717, 1.165) is 36.3 Å². The van der Waals surface area contributed by atoms with Crippen molar-refractivity contribution in [2.45, 2.75) is 58.8 Å². The van der Waals surface area contributed by atoms with E-state index in [2.05, 4.69) is 13.0 Å². The molecule has 1 aromatic rings. The van der Waals surface area contributed by atoms with Crippen LogP contribution in [0.4, 0.5) is 4.39 Å². The van der Waals surface area contributed by atoms with Crippen molar-refractivity contribution >= 4 is 17.2 Å². The molecule has 2 rings (SSSR count). The van der Waals surface area contributed by atoms with Gasteiger partial charge < -0.3 is 0 Å². The van der Waals surface area contributed by atoms with Gasteiger partial charge in [-0.1, -0.05) is 62.9 Å². The van der Waals surface area contributed by atoms with Crippen LogP contribution in [0.3, 0.4) is 0 Å². The summed E-state index contributed by atoms with van der Waals surface area (Å²) < 4.78 is 14.4. The Hall–Kier alpha value is -0.820. The first-order valence-electron chi connectivity index (χ1n) is 7.83. The molecule has 0 nitrogen and oxygen atoms in total. The SMILES string of the molecule is CCCCC1CC=C(c2ccc(CC)c(Cl)c2F)CC1. The maximum absolute atomic E-state index is 14.4. The van der Waals surface area contributed by atoms with E-state index >= 15 is 0 Å². The highest BCUT2D eigenvalue weighted by molar-refractivity contribution is 6.31. The molecule has 0 amide bonds. The van der Waals surface area contributed by atoms with E-state index in [4.69, 9.17) is 11.6 Å². The zero-order valence-electron chi connectivity index (χ0n) is 12.5. The maximum Gasteiger partial charge on any atom is 0.149 e. The molecule has 0 fully saturated rings. The molecule has 0 spiro atoms. The third kappa shape index (κ3) is 3.44. The second-order valence-electron chi connectivity index (χ2n) is 5.77. The van der Waals surface area contributed by atoms with Gasteiger partial charge in [-0.05, 0) is 42.7 Å². The Morgan fingerprint density at radius 1 is 1.30 bits per heavy atom. The summed E-state index contributed by atoms with van der Waals surface area (Å²) in [6, 6.07) is 3.86. The normalized spacial score (nSPS) is 19.0. The Kier molecular flexibility index (Phi) is 5.65. The number of allylic oxidation sites excluding steroid dienone is 2. The first kappa shape index (κ1) is 15.6. The van der Waals surface area contributed by atoms with Crippen molar-refractivity contribution < 1.29 is 4.39 Å². The van der Waals surface area contributed by atoms with Crippen LogP contribution in [-0.2, 0) is 6.42 Å². The van der Waals surface area contributed by atoms with Gasteiger partial charge in [-0.25, -0.2) is 4.39 Å². The summed E-state index contributed by atoms with van der Waals surface area (Å²) in [7, 11) is 0. The van der Waals surface area contributed by atoms with Gasteiger partial charge in [-0.2, -0.15) is 0 Å². The molecule has 0 radical (unpaired) electrons. The third-order valence-electron chi connectivity index (χ3n) is 4.37. The van der Waals surface area contributed by atoms with Gasteiger partial charge in [0.25, 0.3) is 0 Å². The summed E-state index contributed by atoms with van der Waals surface area (Å²) in [6.07, 6.45) is 10.1. The second-order valence-corrected chi connectivity index (χ2v) is 6.14. The lowest BCUT2D eigenvalue weighted by atomic mass is 9.83. The fourth-order valence-electron chi connectivity index (χ4n) is 3.00. The molecule has 1 unspecified atom stereocenters. The van der Waals surface area contributed by atoms with Crippen LogP contribution in [0.1, 0.15) is 63.5 Å². The molecule has 110 valence electrons. The van der Waals surface area contributed by atoms with E-state index in [1.54, 1.807) is 0 Å². The molecular formula is C18H24ClF. The number of rotatable bonds is 5. The average molecular weight is 295 g/mol. The van der Waals surface area contributed by atoms with Crippen LogP contribution in [0.15, 0.2) is 18.2 Å². The Bertz CT molecular complexity index is 490. The Morgan fingerprint density at radius 2 is 2.10 bits per heavy atom. The topological polar surface area (TPSA) is 0 Å². The van der Waals surface area contributed by atoms with Crippen molar-refractivity contribution in [3.63, 3.8) is 0 Å². The number of benzene rings is 1. The van der Waals surface area contributed by atoms with Crippen LogP contribution >= 0.6 is 11.6 Å². The van der Waals surface area contributed by atoms with E-state index in [-0.39, 0.29) is 5.82 Å².